The molecule has 4 N–H and O–H groups in total. The molecule has 13 heteroatoms. The van der Waals surface area contributed by atoms with Gasteiger partial charge >= 0.3 is 12.2 Å². The van der Waals surface area contributed by atoms with Crippen molar-refractivity contribution < 1.29 is 38.0 Å². The van der Waals surface area contributed by atoms with Crippen LogP contribution in [0.3, 0.4) is 0 Å². The third-order valence-corrected chi connectivity index (χ3v) is 7.84. The highest BCUT2D eigenvalue weighted by Gasteiger charge is 2.30. The summed E-state index contributed by atoms with van der Waals surface area (Å²) in [4.78, 5) is 39.2. The van der Waals surface area contributed by atoms with Crippen molar-refractivity contribution in [2.75, 3.05) is 0 Å². The summed E-state index contributed by atoms with van der Waals surface area (Å²) in [5, 5.41) is 27.6. The van der Waals surface area contributed by atoms with Gasteiger partial charge in [0, 0.05) is 18.2 Å². The molecule has 0 radical (unpaired) electrons. The number of rotatable bonds is 17. The van der Waals surface area contributed by atoms with E-state index < -0.39 is 42.3 Å². The summed E-state index contributed by atoms with van der Waals surface area (Å²) in [6, 6.07) is 20.0. The Hall–Kier alpha value is -5.17. The molecule has 4 rings (SSSR count). The van der Waals surface area contributed by atoms with Gasteiger partial charge in [0.2, 0.25) is 5.91 Å². The Bertz CT molecular complexity index is 1580. The minimum Gasteiger partial charge on any atom is -0.441 e. The van der Waals surface area contributed by atoms with Crippen molar-refractivity contribution in [1.82, 2.24) is 26.3 Å². The fourth-order valence-electron chi connectivity index (χ4n) is 5.15. The second-order valence-electron chi connectivity index (χ2n) is 12.5. The molecule has 0 aliphatic carbocycles. The summed E-state index contributed by atoms with van der Waals surface area (Å²) in [7, 11) is 0. The topological polar surface area (TPSA) is 178 Å². The number of nitrogens with one attached hydrogen (secondary N) is 3. The van der Waals surface area contributed by atoms with Crippen LogP contribution in [0.4, 0.5) is 9.59 Å². The Morgan fingerprint density at radius 1 is 0.776 bits per heavy atom. The first kappa shape index (κ1) is 36.7. The fraction of sp³-hybridized carbons (Fsp3) is 0.417. The van der Waals surface area contributed by atoms with Crippen molar-refractivity contribution >= 4 is 18.1 Å². The Morgan fingerprint density at radius 2 is 1.39 bits per heavy atom. The molecule has 0 aliphatic heterocycles. The van der Waals surface area contributed by atoms with E-state index in [0.717, 1.165) is 16.8 Å². The maximum atomic E-state index is 13.7. The third-order valence-electron chi connectivity index (χ3n) is 7.84. The van der Waals surface area contributed by atoms with Gasteiger partial charge < -0.3 is 39.6 Å². The zero-order valence-electron chi connectivity index (χ0n) is 28.2. The van der Waals surface area contributed by atoms with E-state index in [0.29, 0.717) is 24.4 Å². The van der Waals surface area contributed by atoms with Gasteiger partial charge in [-0.25, -0.2) is 9.59 Å². The van der Waals surface area contributed by atoms with Crippen LogP contribution in [-0.2, 0) is 40.3 Å². The van der Waals surface area contributed by atoms with E-state index >= 15 is 0 Å². The van der Waals surface area contributed by atoms with Gasteiger partial charge in [-0.1, -0.05) is 98.7 Å². The lowest BCUT2D eigenvalue weighted by Crippen LogP contribution is -2.54. The highest BCUT2D eigenvalue weighted by Crippen LogP contribution is 2.17. The maximum absolute atomic E-state index is 13.7. The molecule has 0 spiro atoms. The van der Waals surface area contributed by atoms with Crippen molar-refractivity contribution in [3.8, 4) is 0 Å². The number of hydrogen-bond acceptors (Lipinski definition) is 10. The number of amides is 3. The zero-order chi connectivity index (χ0) is 35.2. The summed E-state index contributed by atoms with van der Waals surface area (Å²) in [5.41, 5.74) is 2.56. The van der Waals surface area contributed by atoms with Crippen LogP contribution in [0.2, 0.25) is 0 Å². The number of carbonyl (C=O) groups excluding carboxylic acids is 3. The van der Waals surface area contributed by atoms with Crippen molar-refractivity contribution in [3.05, 3.63) is 107 Å². The standard InChI is InChI=1S/C36H45N5O8/c1-23(2)30-20-29(49-41-30)22-47-36(45)40-33(24(3)4)34(43)38-27(17-25-11-7-5-8-12-25)19-32(42)31(18-26-13-9-6-10-14-26)39-35(44)46-21-28-15-16-37-48-28/h5-16,20,23-24,27,31-33,42H,17-19,21-22H2,1-4H3,(H,38,43)(H,39,44)(H,40,45)/t27-,31-,32-,33-/m0/s1. The maximum Gasteiger partial charge on any atom is 0.408 e. The summed E-state index contributed by atoms with van der Waals surface area (Å²) >= 11 is 0. The zero-order valence-corrected chi connectivity index (χ0v) is 28.2. The molecule has 0 bridgehead atoms. The number of ether oxygens (including phenoxy) is 2. The minimum atomic E-state index is -1.10. The Morgan fingerprint density at radius 3 is 1.96 bits per heavy atom. The Labute approximate surface area is 285 Å². The SMILES string of the molecule is CC(C)c1cc(COC(=O)N[C@H](C(=O)N[C@@H](Cc2ccccc2)C[C@H](O)[C@H](Cc2ccccc2)NC(=O)OCc2ccno2)C(C)C)on1. The van der Waals surface area contributed by atoms with Crippen molar-refractivity contribution in [3.63, 3.8) is 0 Å². The second kappa shape index (κ2) is 18.4. The molecule has 49 heavy (non-hydrogen) atoms. The number of alkyl carbamates (subject to hydrolysis) is 2. The predicted octanol–water partition coefficient (Wildman–Crippen LogP) is 5.05. The van der Waals surface area contributed by atoms with Gasteiger partial charge in [-0.05, 0) is 42.2 Å². The molecule has 0 saturated carbocycles. The predicted molar refractivity (Wildman–Crippen MR) is 179 cm³/mol. The van der Waals surface area contributed by atoms with E-state index in [9.17, 15) is 19.5 Å². The van der Waals surface area contributed by atoms with Gasteiger partial charge in [0.1, 0.15) is 6.04 Å². The van der Waals surface area contributed by atoms with Gasteiger partial charge in [0.05, 0.1) is 24.0 Å². The monoisotopic (exact) mass is 675 g/mol. The number of carbonyl (C=O) groups is 3. The van der Waals surface area contributed by atoms with Crippen LogP contribution in [0.1, 0.15) is 68.4 Å². The molecule has 262 valence electrons. The van der Waals surface area contributed by atoms with E-state index in [1.165, 1.54) is 6.20 Å². The van der Waals surface area contributed by atoms with Crippen LogP contribution < -0.4 is 16.0 Å². The van der Waals surface area contributed by atoms with E-state index in [1.54, 1.807) is 26.0 Å². The molecule has 0 aliphatic rings. The third kappa shape index (κ3) is 12.1. The Kier molecular flexibility index (Phi) is 13.8. The lowest BCUT2D eigenvalue weighted by atomic mass is 9.93. The van der Waals surface area contributed by atoms with Crippen LogP contribution >= 0.6 is 0 Å². The highest BCUT2D eigenvalue weighted by atomic mass is 16.6. The average molecular weight is 676 g/mol. The molecular formula is C36H45N5O8. The number of aliphatic hydroxyl groups is 1. The van der Waals surface area contributed by atoms with Gasteiger partial charge in [0.25, 0.3) is 0 Å². The second-order valence-corrected chi connectivity index (χ2v) is 12.5. The first-order valence-corrected chi connectivity index (χ1v) is 16.3. The van der Waals surface area contributed by atoms with Gasteiger partial charge in [0.15, 0.2) is 24.7 Å². The van der Waals surface area contributed by atoms with Gasteiger partial charge in [-0.2, -0.15) is 0 Å². The largest absolute Gasteiger partial charge is 0.441 e. The molecule has 0 unspecified atom stereocenters. The molecule has 13 nitrogen and oxygen atoms in total. The molecule has 0 fully saturated rings. The van der Waals surface area contributed by atoms with Crippen molar-refractivity contribution in [2.45, 2.75) is 90.3 Å². The molecule has 2 heterocycles. The van der Waals surface area contributed by atoms with Crippen LogP contribution in [0.25, 0.3) is 0 Å². The number of hydrogen-bond donors (Lipinski definition) is 4. The van der Waals surface area contributed by atoms with E-state index in [2.05, 4.69) is 26.3 Å². The van der Waals surface area contributed by atoms with E-state index in [-0.39, 0.29) is 31.5 Å². The minimum absolute atomic E-state index is 0.0828. The molecule has 0 saturated heterocycles. The average Bonchev–Trinajstić information content (AvgIpc) is 3.79. The summed E-state index contributed by atoms with van der Waals surface area (Å²) < 4.78 is 20.8. The number of benzene rings is 2. The van der Waals surface area contributed by atoms with Crippen LogP contribution in [0.5, 0.6) is 0 Å². The quantitative estimate of drug-likeness (QED) is 0.118. The van der Waals surface area contributed by atoms with Crippen molar-refractivity contribution in [1.29, 1.82) is 0 Å². The molecule has 4 aromatic rings. The molecule has 2 aromatic carbocycles. The number of aliphatic hydroxyl groups excluding tert-OH is 1. The van der Waals surface area contributed by atoms with Crippen molar-refractivity contribution in [2.24, 2.45) is 5.92 Å². The first-order chi connectivity index (χ1) is 23.6. The number of nitrogens with zero attached hydrogens (tertiary/aromatic N) is 2. The Balaban J connectivity index is 1.44. The van der Waals surface area contributed by atoms with E-state index in [4.69, 9.17) is 18.5 Å². The van der Waals surface area contributed by atoms with Gasteiger partial charge in [-0.3, -0.25) is 4.79 Å². The van der Waals surface area contributed by atoms with Crippen LogP contribution in [-0.4, -0.2) is 57.7 Å². The number of aromatic nitrogens is 2. The highest BCUT2D eigenvalue weighted by molar-refractivity contribution is 5.86. The normalized spacial score (nSPS) is 13.7. The lowest BCUT2D eigenvalue weighted by molar-refractivity contribution is -0.125. The van der Waals surface area contributed by atoms with E-state index in [1.807, 2.05) is 74.5 Å². The van der Waals surface area contributed by atoms with Gasteiger partial charge in [-0.15, -0.1) is 0 Å². The molecular weight excluding hydrogens is 630 g/mol. The lowest BCUT2D eigenvalue weighted by Gasteiger charge is -2.30. The summed E-state index contributed by atoms with van der Waals surface area (Å²) in [6.45, 7) is 7.29. The van der Waals surface area contributed by atoms with Crippen LogP contribution in [0, 0.1) is 5.92 Å². The summed E-state index contributed by atoms with van der Waals surface area (Å²) in [6.07, 6.45) is -0.406. The summed E-state index contributed by atoms with van der Waals surface area (Å²) in [5.74, 6) is 0.185. The smallest absolute Gasteiger partial charge is 0.408 e. The molecule has 2 aromatic heterocycles. The fourth-order valence-corrected chi connectivity index (χ4v) is 5.15. The molecule has 3 amide bonds. The molecule has 4 atom stereocenters. The van der Waals surface area contributed by atoms with Crippen LogP contribution in [0.15, 0.2) is 88.0 Å². The first-order valence-electron chi connectivity index (χ1n) is 16.3.